The summed E-state index contributed by atoms with van der Waals surface area (Å²) in [4.78, 5) is 13.1. The van der Waals surface area contributed by atoms with Gasteiger partial charge in [0.15, 0.2) is 0 Å². The van der Waals surface area contributed by atoms with Gasteiger partial charge in [0.2, 0.25) is 5.91 Å². The molecule has 20 heavy (non-hydrogen) atoms. The van der Waals surface area contributed by atoms with Gasteiger partial charge in [-0.15, -0.1) is 0 Å². The number of amides is 1. The molecule has 0 fully saturated rings. The second kappa shape index (κ2) is 5.82. The van der Waals surface area contributed by atoms with Crippen LogP contribution in [-0.2, 0) is 11.2 Å². The third-order valence-corrected chi connectivity index (χ3v) is 4.39. The molecule has 0 N–H and O–H groups in total. The second-order valence-corrected chi connectivity index (χ2v) is 6.41. The van der Waals surface area contributed by atoms with Crippen LogP contribution < -0.4 is 0 Å². The van der Waals surface area contributed by atoms with Crippen LogP contribution in [0.5, 0.6) is 0 Å². The molecule has 0 unspecified atom stereocenters. The molecular weight excluding hydrogens is 246 g/mol. The van der Waals surface area contributed by atoms with E-state index in [1.807, 2.05) is 7.05 Å². The zero-order valence-corrected chi connectivity index (χ0v) is 13.1. The van der Waals surface area contributed by atoms with Crippen LogP contribution in [0.1, 0.15) is 44.7 Å². The van der Waals surface area contributed by atoms with Crippen molar-refractivity contribution in [2.75, 3.05) is 13.6 Å². The molecule has 0 radical (unpaired) electrons. The first-order valence-electron chi connectivity index (χ1n) is 7.42. The molecule has 0 saturated carbocycles. The number of aryl methyl sites for hydroxylation is 1. The number of benzene rings is 1. The minimum absolute atomic E-state index is 0.113. The highest BCUT2D eigenvalue weighted by molar-refractivity contribution is 5.75. The summed E-state index contributed by atoms with van der Waals surface area (Å²) >= 11 is 0. The van der Waals surface area contributed by atoms with Gasteiger partial charge in [-0.3, -0.25) is 4.79 Å². The van der Waals surface area contributed by atoms with Crippen LogP contribution >= 0.6 is 0 Å². The van der Waals surface area contributed by atoms with Gasteiger partial charge < -0.3 is 4.90 Å². The number of rotatable bonds is 2. The summed E-state index contributed by atoms with van der Waals surface area (Å²) in [6, 6.07) is 8.69. The van der Waals surface area contributed by atoms with E-state index < -0.39 is 0 Å². The van der Waals surface area contributed by atoms with E-state index in [1.54, 1.807) is 11.8 Å². The molecule has 1 aliphatic rings. The Labute approximate surface area is 122 Å². The molecule has 108 valence electrons. The topological polar surface area (TPSA) is 20.3 Å². The maximum atomic E-state index is 11.4. The molecule has 0 atom stereocenters. The van der Waals surface area contributed by atoms with E-state index in [2.05, 4.69) is 44.2 Å². The van der Waals surface area contributed by atoms with Gasteiger partial charge in [-0.05, 0) is 41.4 Å². The Morgan fingerprint density at radius 1 is 1.35 bits per heavy atom. The van der Waals surface area contributed by atoms with Crippen LogP contribution in [0.4, 0.5) is 0 Å². The van der Waals surface area contributed by atoms with Crippen LogP contribution in [0.15, 0.2) is 30.3 Å². The predicted octanol–water partition coefficient (Wildman–Crippen LogP) is 3.91. The van der Waals surface area contributed by atoms with Crippen molar-refractivity contribution in [3.63, 3.8) is 0 Å². The fourth-order valence-corrected chi connectivity index (χ4v) is 2.96. The summed E-state index contributed by atoms with van der Waals surface area (Å²) < 4.78 is 0. The smallest absolute Gasteiger partial charge is 0.219 e. The van der Waals surface area contributed by atoms with E-state index in [0.717, 1.165) is 6.42 Å². The van der Waals surface area contributed by atoms with Gasteiger partial charge in [0, 0.05) is 20.5 Å². The van der Waals surface area contributed by atoms with Gasteiger partial charge in [-0.25, -0.2) is 0 Å². The quantitative estimate of drug-likeness (QED) is 0.747. The summed E-state index contributed by atoms with van der Waals surface area (Å²) in [6.07, 6.45) is 5.81. The Balaban J connectivity index is 2.40. The molecular formula is C18H25NO. The van der Waals surface area contributed by atoms with Crippen LogP contribution in [0, 0.1) is 5.41 Å². The van der Waals surface area contributed by atoms with E-state index in [0.29, 0.717) is 6.54 Å². The summed E-state index contributed by atoms with van der Waals surface area (Å²) in [5.41, 5.74) is 4.37. The maximum Gasteiger partial charge on any atom is 0.219 e. The van der Waals surface area contributed by atoms with E-state index in [9.17, 15) is 4.79 Å². The number of hydrogen-bond acceptors (Lipinski definition) is 1. The van der Waals surface area contributed by atoms with Gasteiger partial charge in [0.05, 0.1) is 0 Å². The zero-order valence-electron chi connectivity index (χ0n) is 13.1. The number of likely N-dealkylation sites (N-methyl/N-ethyl adjacent to an activating group) is 1. The molecule has 1 aromatic carbocycles. The highest BCUT2D eigenvalue weighted by atomic mass is 16.2. The number of carbonyl (C=O) groups excluding carboxylic acids is 1. The van der Waals surface area contributed by atoms with E-state index in [1.165, 1.54) is 29.5 Å². The van der Waals surface area contributed by atoms with Crippen molar-refractivity contribution < 1.29 is 4.79 Å². The summed E-state index contributed by atoms with van der Waals surface area (Å²) in [5, 5.41) is 0. The molecule has 2 rings (SSSR count). The molecule has 1 aromatic rings. The van der Waals surface area contributed by atoms with Crippen LogP contribution in [-0.4, -0.2) is 24.4 Å². The Morgan fingerprint density at radius 3 is 2.75 bits per heavy atom. The largest absolute Gasteiger partial charge is 0.342 e. The average Bonchev–Trinajstić information content (AvgIpc) is 2.51. The van der Waals surface area contributed by atoms with Crippen molar-refractivity contribution in [2.45, 2.75) is 40.0 Å². The van der Waals surface area contributed by atoms with Gasteiger partial charge in [0.25, 0.3) is 0 Å². The molecule has 0 saturated heterocycles. The standard InChI is InChI=1S/C18H25NO/c1-14(20)19(4)13-11-17-16-10-6-5-8-15(16)9-7-12-18(17,2)3/h5-6,8,10-11H,7,9,12-13H2,1-4H3/b17-11-. The fourth-order valence-electron chi connectivity index (χ4n) is 2.96. The fraction of sp³-hybridized carbons (Fsp3) is 0.500. The number of hydrogen-bond donors (Lipinski definition) is 0. The number of allylic oxidation sites excluding steroid dienone is 1. The minimum atomic E-state index is 0.113. The minimum Gasteiger partial charge on any atom is -0.342 e. The Kier molecular flexibility index (Phi) is 4.32. The monoisotopic (exact) mass is 271 g/mol. The molecule has 1 aliphatic carbocycles. The van der Waals surface area contributed by atoms with Gasteiger partial charge in [-0.1, -0.05) is 44.2 Å². The molecule has 0 aliphatic heterocycles. The first-order chi connectivity index (χ1) is 9.42. The SMILES string of the molecule is CC(=O)N(C)C/C=C1/c2ccccc2CCCC1(C)C. The number of carbonyl (C=O) groups is 1. The highest BCUT2D eigenvalue weighted by Gasteiger charge is 2.28. The maximum absolute atomic E-state index is 11.4. The van der Waals surface area contributed by atoms with Gasteiger partial charge >= 0.3 is 0 Å². The molecule has 2 nitrogen and oxygen atoms in total. The van der Waals surface area contributed by atoms with Gasteiger partial charge in [0.1, 0.15) is 0 Å². The summed E-state index contributed by atoms with van der Waals surface area (Å²) in [6.45, 7) is 6.93. The summed E-state index contributed by atoms with van der Waals surface area (Å²) in [7, 11) is 1.86. The Bertz CT molecular complexity index is 528. The molecule has 0 heterocycles. The lowest BCUT2D eigenvalue weighted by Crippen LogP contribution is -2.24. The number of fused-ring (bicyclic) bond motifs is 1. The third kappa shape index (κ3) is 3.12. The van der Waals surface area contributed by atoms with Crippen molar-refractivity contribution >= 4 is 11.5 Å². The van der Waals surface area contributed by atoms with Crippen molar-refractivity contribution in [1.29, 1.82) is 0 Å². The Morgan fingerprint density at radius 2 is 2.05 bits per heavy atom. The normalized spacial score (nSPS) is 19.3. The second-order valence-electron chi connectivity index (χ2n) is 6.41. The third-order valence-electron chi connectivity index (χ3n) is 4.39. The summed E-state index contributed by atoms with van der Waals surface area (Å²) in [5.74, 6) is 0.113. The molecule has 0 spiro atoms. The van der Waals surface area contributed by atoms with Crippen molar-refractivity contribution in [2.24, 2.45) is 5.41 Å². The highest BCUT2D eigenvalue weighted by Crippen LogP contribution is 2.42. The molecule has 1 amide bonds. The lowest BCUT2D eigenvalue weighted by Gasteiger charge is -2.28. The lowest BCUT2D eigenvalue weighted by atomic mass is 9.78. The number of nitrogens with zero attached hydrogens (tertiary/aromatic N) is 1. The first-order valence-corrected chi connectivity index (χ1v) is 7.42. The van der Waals surface area contributed by atoms with Crippen molar-refractivity contribution in [3.05, 3.63) is 41.5 Å². The predicted molar refractivity (Wildman–Crippen MR) is 84.4 cm³/mol. The average molecular weight is 271 g/mol. The molecule has 0 bridgehead atoms. The van der Waals surface area contributed by atoms with Gasteiger partial charge in [-0.2, -0.15) is 0 Å². The van der Waals surface area contributed by atoms with Crippen LogP contribution in [0.2, 0.25) is 0 Å². The van der Waals surface area contributed by atoms with E-state index >= 15 is 0 Å². The van der Waals surface area contributed by atoms with E-state index in [-0.39, 0.29) is 11.3 Å². The van der Waals surface area contributed by atoms with E-state index in [4.69, 9.17) is 0 Å². The van der Waals surface area contributed by atoms with Crippen LogP contribution in [0.25, 0.3) is 5.57 Å². The zero-order chi connectivity index (χ0) is 14.8. The Hall–Kier alpha value is -1.57. The van der Waals surface area contributed by atoms with Crippen molar-refractivity contribution in [3.8, 4) is 0 Å². The van der Waals surface area contributed by atoms with Crippen molar-refractivity contribution in [1.82, 2.24) is 4.90 Å². The van der Waals surface area contributed by atoms with Crippen LogP contribution in [0.3, 0.4) is 0 Å². The first kappa shape index (κ1) is 14.8. The molecule has 0 aromatic heterocycles. The molecule has 2 heteroatoms. The lowest BCUT2D eigenvalue weighted by molar-refractivity contribution is -0.127.